The van der Waals surface area contributed by atoms with Gasteiger partial charge < -0.3 is 5.32 Å². The summed E-state index contributed by atoms with van der Waals surface area (Å²) in [5, 5.41) is 3.57. The van der Waals surface area contributed by atoms with Gasteiger partial charge in [0.15, 0.2) is 0 Å². The van der Waals surface area contributed by atoms with E-state index in [2.05, 4.69) is 26.2 Å². The Morgan fingerprint density at radius 1 is 1.26 bits per heavy atom. The monoisotopic (exact) mass is 362 g/mol. The Morgan fingerprint density at radius 3 is 2.63 bits per heavy atom. The van der Waals surface area contributed by atoms with Gasteiger partial charge in [0.25, 0.3) is 0 Å². The van der Waals surface area contributed by atoms with Gasteiger partial charge in [0.05, 0.1) is 16.1 Å². The molecule has 0 saturated carbocycles. The van der Waals surface area contributed by atoms with Crippen LogP contribution in [-0.4, -0.2) is 12.0 Å². The van der Waals surface area contributed by atoms with Crippen LogP contribution in [0.4, 0.5) is 4.39 Å². The van der Waals surface area contributed by atoms with Crippen LogP contribution in [-0.2, 0) is 0 Å². The number of pyridine rings is 1. The third kappa shape index (κ3) is 2.92. The first-order valence-corrected chi connectivity index (χ1v) is 7.01. The van der Waals surface area contributed by atoms with Gasteiger partial charge in [0.1, 0.15) is 5.82 Å². The Bertz CT molecular complexity index is 607. The van der Waals surface area contributed by atoms with E-state index < -0.39 is 5.82 Å². The van der Waals surface area contributed by atoms with Crippen molar-refractivity contribution in [3.63, 3.8) is 0 Å². The fourth-order valence-electron chi connectivity index (χ4n) is 1.86. The summed E-state index contributed by atoms with van der Waals surface area (Å²) in [6.45, 7) is 0. The van der Waals surface area contributed by atoms with Gasteiger partial charge in [-0.25, -0.2) is 4.39 Å². The SMILES string of the molecule is CNC(c1ccncc1Cl)c1ccc(Br)c(Cl)c1F. The molecule has 0 fully saturated rings. The second-order valence-electron chi connectivity index (χ2n) is 3.88. The van der Waals surface area contributed by atoms with Gasteiger partial charge >= 0.3 is 0 Å². The minimum Gasteiger partial charge on any atom is -0.309 e. The normalized spacial score (nSPS) is 12.5. The average Bonchev–Trinajstić information content (AvgIpc) is 2.41. The molecule has 1 atom stereocenters. The molecular weight excluding hydrogens is 354 g/mol. The van der Waals surface area contributed by atoms with Crippen LogP contribution in [0, 0.1) is 5.82 Å². The molecule has 1 N–H and O–H groups in total. The Labute approximate surface area is 129 Å². The van der Waals surface area contributed by atoms with Crippen molar-refractivity contribution in [1.82, 2.24) is 10.3 Å². The Hall–Kier alpha value is -0.680. The van der Waals surface area contributed by atoms with Crippen LogP contribution in [0.25, 0.3) is 0 Å². The predicted molar refractivity (Wildman–Crippen MR) is 79.3 cm³/mol. The molecule has 6 heteroatoms. The average molecular weight is 364 g/mol. The van der Waals surface area contributed by atoms with E-state index in [-0.39, 0.29) is 11.1 Å². The molecule has 0 bridgehead atoms. The van der Waals surface area contributed by atoms with Gasteiger partial charge in [0.2, 0.25) is 0 Å². The molecule has 2 nitrogen and oxygen atoms in total. The number of benzene rings is 1. The van der Waals surface area contributed by atoms with Gasteiger partial charge in [-0.1, -0.05) is 29.3 Å². The number of nitrogens with one attached hydrogen (secondary N) is 1. The van der Waals surface area contributed by atoms with Crippen LogP contribution < -0.4 is 5.32 Å². The summed E-state index contributed by atoms with van der Waals surface area (Å²) in [6, 6.07) is 4.74. The third-order valence-corrected chi connectivity index (χ3v) is 4.35. The van der Waals surface area contributed by atoms with Gasteiger partial charge in [-0.15, -0.1) is 0 Å². The molecule has 0 aliphatic carbocycles. The molecule has 1 unspecified atom stereocenters. The lowest BCUT2D eigenvalue weighted by Gasteiger charge is -2.19. The Morgan fingerprint density at radius 2 is 2.00 bits per heavy atom. The zero-order chi connectivity index (χ0) is 14.0. The highest BCUT2D eigenvalue weighted by molar-refractivity contribution is 9.10. The summed E-state index contributed by atoms with van der Waals surface area (Å²) in [6.07, 6.45) is 3.14. The third-order valence-electron chi connectivity index (χ3n) is 2.78. The first kappa shape index (κ1) is 14.7. The lowest BCUT2D eigenvalue weighted by molar-refractivity contribution is 0.575. The minimum absolute atomic E-state index is 0.0583. The maximum absolute atomic E-state index is 14.3. The molecule has 0 radical (unpaired) electrons. The van der Waals surface area contributed by atoms with Crippen molar-refractivity contribution >= 4 is 39.1 Å². The quantitative estimate of drug-likeness (QED) is 0.806. The summed E-state index contributed by atoms with van der Waals surface area (Å²) in [5.41, 5.74) is 1.18. The van der Waals surface area contributed by atoms with Gasteiger partial charge in [0, 0.05) is 22.4 Å². The maximum Gasteiger partial charge on any atom is 0.148 e. The van der Waals surface area contributed by atoms with Crippen molar-refractivity contribution in [3.8, 4) is 0 Å². The lowest BCUT2D eigenvalue weighted by Crippen LogP contribution is -2.19. The molecule has 0 spiro atoms. The highest BCUT2D eigenvalue weighted by Gasteiger charge is 2.21. The molecule has 1 aromatic carbocycles. The van der Waals surface area contributed by atoms with Crippen molar-refractivity contribution in [2.45, 2.75) is 6.04 Å². The zero-order valence-corrected chi connectivity index (χ0v) is 13.0. The van der Waals surface area contributed by atoms with Crippen LogP contribution in [0.2, 0.25) is 10.0 Å². The number of halogens is 4. The lowest BCUT2D eigenvalue weighted by atomic mass is 9.99. The second kappa shape index (κ2) is 6.18. The molecule has 100 valence electrons. The molecule has 19 heavy (non-hydrogen) atoms. The first-order valence-electron chi connectivity index (χ1n) is 5.46. The van der Waals surface area contributed by atoms with E-state index in [4.69, 9.17) is 23.2 Å². The van der Waals surface area contributed by atoms with Crippen molar-refractivity contribution in [2.75, 3.05) is 7.05 Å². The van der Waals surface area contributed by atoms with Crippen LogP contribution in [0.15, 0.2) is 35.1 Å². The number of hydrogen-bond donors (Lipinski definition) is 1. The number of aromatic nitrogens is 1. The van der Waals surface area contributed by atoms with Crippen molar-refractivity contribution in [2.24, 2.45) is 0 Å². The van der Waals surface area contributed by atoms with Gasteiger partial charge in [-0.05, 0) is 40.7 Å². The summed E-state index contributed by atoms with van der Waals surface area (Å²) >= 11 is 15.2. The molecule has 2 aromatic rings. The minimum atomic E-state index is -0.469. The first-order chi connectivity index (χ1) is 9.06. The van der Waals surface area contributed by atoms with Crippen molar-refractivity contribution < 1.29 is 4.39 Å². The van der Waals surface area contributed by atoms with E-state index in [0.717, 1.165) is 5.56 Å². The van der Waals surface area contributed by atoms with Crippen molar-refractivity contribution in [1.29, 1.82) is 0 Å². The smallest absolute Gasteiger partial charge is 0.148 e. The molecule has 0 aliphatic heterocycles. The molecule has 0 amide bonds. The van der Waals surface area contributed by atoms with E-state index in [1.165, 1.54) is 6.20 Å². The second-order valence-corrected chi connectivity index (χ2v) is 5.52. The fourth-order valence-corrected chi connectivity index (χ4v) is 2.57. The summed E-state index contributed by atoms with van der Waals surface area (Å²) < 4.78 is 14.8. The van der Waals surface area contributed by atoms with Crippen LogP contribution in [0.5, 0.6) is 0 Å². The van der Waals surface area contributed by atoms with Crippen LogP contribution in [0.3, 0.4) is 0 Å². The summed E-state index contributed by atoms with van der Waals surface area (Å²) in [5.74, 6) is -0.469. The predicted octanol–water partition coefficient (Wildman–Crippen LogP) is 4.60. The maximum atomic E-state index is 14.3. The standard InChI is InChI=1S/C13H10BrCl2FN2/c1-18-13(7-4-5-19-6-10(7)15)8-2-3-9(14)11(16)12(8)17/h2-6,13,18H,1H3. The molecular formula is C13H10BrCl2FN2. The highest BCUT2D eigenvalue weighted by atomic mass is 79.9. The van der Waals surface area contributed by atoms with E-state index >= 15 is 0 Å². The number of hydrogen-bond acceptors (Lipinski definition) is 2. The van der Waals surface area contributed by atoms with E-state index in [1.54, 1.807) is 31.4 Å². The van der Waals surface area contributed by atoms with E-state index in [9.17, 15) is 4.39 Å². The van der Waals surface area contributed by atoms with E-state index in [0.29, 0.717) is 15.1 Å². The van der Waals surface area contributed by atoms with Gasteiger partial charge in [-0.2, -0.15) is 0 Å². The van der Waals surface area contributed by atoms with E-state index in [1.807, 2.05) is 0 Å². The topological polar surface area (TPSA) is 24.9 Å². The molecule has 0 saturated heterocycles. The fraction of sp³-hybridized carbons (Fsp3) is 0.154. The van der Waals surface area contributed by atoms with Gasteiger partial charge in [-0.3, -0.25) is 4.98 Å². The van der Waals surface area contributed by atoms with Crippen molar-refractivity contribution in [3.05, 3.63) is 62.1 Å². The summed E-state index contributed by atoms with van der Waals surface area (Å²) in [7, 11) is 1.73. The molecule has 2 rings (SSSR count). The van der Waals surface area contributed by atoms with Crippen LogP contribution >= 0.6 is 39.1 Å². The highest BCUT2D eigenvalue weighted by Crippen LogP contribution is 2.34. The molecule has 0 aliphatic rings. The summed E-state index contributed by atoms with van der Waals surface area (Å²) in [4.78, 5) is 3.92. The molecule has 1 heterocycles. The number of nitrogens with zero attached hydrogens (tertiary/aromatic N) is 1. The Balaban J connectivity index is 2.55. The van der Waals surface area contributed by atoms with Crippen LogP contribution in [0.1, 0.15) is 17.2 Å². The molecule has 1 aromatic heterocycles. The zero-order valence-electron chi connectivity index (χ0n) is 9.92. The largest absolute Gasteiger partial charge is 0.309 e. The Kier molecular flexibility index (Phi) is 4.79. The number of rotatable bonds is 3.